The SMILES string of the molecule is CCc1cccc(N(CC)C(=N)N(CC)c2ccccc2C)c1. The number of aryl methyl sites for hydroxylation is 2. The molecule has 23 heavy (non-hydrogen) atoms. The Morgan fingerprint density at radius 3 is 2.22 bits per heavy atom. The van der Waals surface area contributed by atoms with Gasteiger partial charge in [-0.25, -0.2) is 0 Å². The molecule has 0 amide bonds. The normalized spacial score (nSPS) is 10.4. The molecule has 0 aliphatic rings. The number of benzene rings is 2. The second kappa shape index (κ2) is 7.82. The molecule has 0 radical (unpaired) electrons. The van der Waals surface area contributed by atoms with E-state index in [-0.39, 0.29) is 0 Å². The van der Waals surface area contributed by atoms with Gasteiger partial charge in [0.15, 0.2) is 0 Å². The first-order valence-corrected chi connectivity index (χ1v) is 8.40. The summed E-state index contributed by atoms with van der Waals surface area (Å²) >= 11 is 0. The first kappa shape index (κ1) is 17.1. The number of anilines is 2. The Labute approximate surface area is 140 Å². The quantitative estimate of drug-likeness (QED) is 0.632. The minimum Gasteiger partial charge on any atom is -0.313 e. The van der Waals surface area contributed by atoms with Crippen LogP contribution in [0.25, 0.3) is 0 Å². The summed E-state index contributed by atoms with van der Waals surface area (Å²) in [5.74, 6) is 0.526. The molecule has 0 fully saturated rings. The second-order valence-corrected chi connectivity index (χ2v) is 5.62. The van der Waals surface area contributed by atoms with E-state index in [1.807, 2.05) is 12.1 Å². The third-order valence-corrected chi connectivity index (χ3v) is 4.18. The number of para-hydroxylation sites is 1. The van der Waals surface area contributed by atoms with Crippen molar-refractivity contribution in [3.63, 3.8) is 0 Å². The number of nitrogens with one attached hydrogen (secondary N) is 1. The Morgan fingerprint density at radius 1 is 0.913 bits per heavy atom. The summed E-state index contributed by atoms with van der Waals surface area (Å²) in [4.78, 5) is 4.13. The molecular formula is C20H27N3. The Balaban J connectivity index is 2.36. The van der Waals surface area contributed by atoms with Crippen LogP contribution in [0.1, 0.15) is 31.9 Å². The van der Waals surface area contributed by atoms with Gasteiger partial charge >= 0.3 is 0 Å². The Hall–Kier alpha value is -2.29. The molecule has 1 N–H and O–H groups in total. The van der Waals surface area contributed by atoms with Crippen molar-refractivity contribution < 1.29 is 0 Å². The maximum absolute atomic E-state index is 8.75. The number of hydrogen-bond acceptors (Lipinski definition) is 1. The largest absolute Gasteiger partial charge is 0.313 e. The van der Waals surface area contributed by atoms with Crippen LogP contribution in [0.3, 0.4) is 0 Å². The fourth-order valence-electron chi connectivity index (χ4n) is 2.85. The van der Waals surface area contributed by atoms with Crippen LogP contribution in [0.5, 0.6) is 0 Å². The zero-order valence-electron chi connectivity index (χ0n) is 14.6. The number of nitrogens with zero attached hydrogens (tertiary/aromatic N) is 2. The standard InChI is InChI=1S/C20H27N3/c1-5-17-12-10-13-18(15-17)22(6-2)20(21)23(7-3)19-14-9-8-11-16(19)4/h8-15,21H,5-7H2,1-4H3. The molecule has 0 saturated heterocycles. The Morgan fingerprint density at radius 2 is 1.61 bits per heavy atom. The molecule has 0 aromatic heterocycles. The Kier molecular flexibility index (Phi) is 5.80. The smallest absolute Gasteiger partial charge is 0.202 e. The van der Waals surface area contributed by atoms with Crippen molar-refractivity contribution in [2.75, 3.05) is 22.9 Å². The number of guanidine groups is 1. The first-order chi connectivity index (χ1) is 11.1. The molecule has 0 bridgehead atoms. The fourth-order valence-corrected chi connectivity index (χ4v) is 2.85. The van der Waals surface area contributed by atoms with Crippen molar-refractivity contribution >= 4 is 17.3 Å². The molecule has 0 aliphatic carbocycles. The topological polar surface area (TPSA) is 30.3 Å². The molecule has 0 unspecified atom stereocenters. The average Bonchev–Trinajstić information content (AvgIpc) is 2.58. The Bertz CT molecular complexity index is 663. The third kappa shape index (κ3) is 3.73. The molecular weight excluding hydrogens is 282 g/mol. The lowest BCUT2D eigenvalue weighted by atomic mass is 10.1. The van der Waals surface area contributed by atoms with E-state index in [1.165, 1.54) is 11.1 Å². The lowest BCUT2D eigenvalue weighted by molar-refractivity contribution is 0.953. The predicted molar refractivity (Wildman–Crippen MR) is 101 cm³/mol. The van der Waals surface area contributed by atoms with E-state index in [4.69, 9.17) is 5.41 Å². The molecule has 2 aromatic rings. The van der Waals surface area contributed by atoms with Crippen molar-refractivity contribution in [3.8, 4) is 0 Å². The predicted octanol–water partition coefficient (Wildman–Crippen LogP) is 4.84. The van der Waals surface area contributed by atoms with Crippen LogP contribution in [-0.2, 0) is 6.42 Å². The van der Waals surface area contributed by atoms with Gasteiger partial charge < -0.3 is 9.80 Å². The van der Waals surface area contributed by atoms with Gasteiger partial charge in [-0.05, 0) is 56.5 Å². The minimum atomic E-state index is 0.526. The van der Waals surface area contributed by atoms with Crippen LogP contribution in [0.2, 0.25) is 0 Å². The van der Waals surface area contributed by atoms with E-state index in [0.717, 1.165) is 30.9 Å². The van der Waals surface area contributed by atoms with Crippen LogP contribution >= 0.6 is 0 Å². The lowest BCUT2D eigenvalue weighted by Crippen LogP contribution is -2.44. The number of hydrogen-bond donors (Lipinski definition) is 1. The molecule has 3 nitrogen and oxygen atoms in total. The van der Waals surface area contributed by atoms with Crippen LogP contribution in [0, 0.1) is 12.3 Å². The average molecular weight is 309 g/mol. The molecule has 2 rings (SSSR count). The summed E-state index contributed by atoms with van der Waals surface area (Å²) in [6.45, 7) is 9.99. The van der Waals surface area contributed by atoms with Gasteiger partial charge in [-0.2, -0.15) is 0 Å². The molecule has 0 aliphatic heterocycles. The third-order valence-electron chi connectivity index (χ3n) is 4.18. The summed E-state index contributed by atoms with van der Waals surface area (Å²) in [6.07, 6.45) is 1.01. The van der Waals surface area contributed by atoms with Gasteiger partial charge in [-0.1, -0.05) is 37.3 Å². The summed E-state index contributed by atoms with van der Waals surface area (Å²) < 4.78 is 0. The highest BCUT2D eigenvalue weighted by molar-refractivity contribution is 6.05. The zero-order valence-corrected chi connectivity index (χ0v) is 14.6. The zero-order chi connectivity index (χ0) is 16.8. The fraction of sp³-hybridized carbons (Fsp3) is 0.350. The first-order valence-electron chi connectivity index (χ1n) is 8.40. The molecule has 0 atom stereocenters. The summed E-state index contributed by atoms with van der Waals surface area (Å²) in [6, 6.07) is 16.7. The van der Waals surface area contributed by atoms with Crippen LogP contribution in [-0.4, -0.2) is 19.0 Å². The molecule has 0 saturated carbocycles. The highest BCUT2D eigenvalue weighted by atomic mass is 15.4. The van der Waals surface area contributed by atoms with Gasteiger partial charge in [0.1, 0.15) is 0 Å². The van der Waals surface area contributed by atoms with E-state index in [0.29, 0.717) is 5.96 Å². The van der Waals surface area contributed by atoms with Crippen molar-refractivity contribution in [1.82, 2.24) is 0 Å². The summed E-state index contributed by atoms with van der Waals surface area (Å²) in [7, 11) is 0. The highest BCUT2D eigenvalue weighted by Crippen LogP contribution is 2.23. The summed E-state index contributed by atoms with van der Waals surface area (Å²) in [5.41, 5.74) is 4.68. The van der Waals surface area contributed by atoms with Gasteiger partial charge in [-0.15, -0.1) is 0 Å². The molecule has 122 valence electrons. The monoisotopic (exact) mass is 309 g/mol. The molecule has 0 spiro atoms. The maximum atomic E-state index is 8.75. The van der Waals surface area contributed by atoms with Crippen molar-refractivity contribution in [2.45, 2.75) is 34.1 Å². The molecule has 0 heterocycles. The van der Waals surface area contributed by atoms with E-state index in [1.54, 1.807) is 0 Å². The van der Waals surface area contributed by atoms with Gasteiger partial charge in [0, 0.05) is 24.5 Å². The van der Waals surface area contributed by atoms with Crippen molar-refractivity contribution in [1.29, 1.82) is 5.41 Å². The van der Waals surface area contributed by atoms with E-state index in [9.17, 15) is 0 Å². The van der Waals surface area contributed by atoms with Crippen LogP contribution in [0.15, 0.2) is 48.5 Å². The van der Waals surface area contributed by atoms with Crippen LogP contribution in [0.4, 0.5) is 11.4 Å². The number of rotatable bonds is 5. The van der Waals surface area contributed by atoms with Gasteiger partial charge in [-0.3, -0.25) is 5.41 Å². The van der Waals surface area contributed by atoms with E-state index < -0.39 is 0 Å². The van der Waals surface area contributed by atoms with Gasteiger partial charge in [0.05, 0.1) is 0 Å². The minimum absolute atomic E-state index is 0.526. The highest BCUT2D eigenvalue weighted by Gasteiger charge is 2.19. The van der Waals surface area contributed by atoms with Crippen molar-refractivity contribution in [2.24, 2.45) is 0 Å². The van der Waals surface area contributed by atoms with E-state index in [2.05, 4.69) is 73.9 Å². The second-order valence-electron chi connectivity index (χ2n) is 5.62. The van der Waals surface area contributed by atoms with Gasteiger partial charge in [0.25, 0.3) is 0 Å². The maximum Gasteiger partial charge on any atom is 0.202 e. The van der Waals surface area contributed by atoms with Gasteiger partial charge in [0.2, 0.25) is 5.96 Å². The molecule has 2 aromatic carbocycles. The lowest BCUT2D eigenvalue weighted by Gasteiger charge is -2.33. The summed E-state index contributed by atoms with van der Waals surface area (Å²) in [5, 5.41) is 8.75. The van der Waals surface area contributed by atoms with E-state index >= 15 is 0 Å². The molecule has 3 heteroatoms. The van der Waals surface area contributed by atoms with Crippen LogP contribution < -0.4 is 9.80 Å². The van der Waals surface area contributed by atoms with Crippen molar-refractivity contribution in [3.05, 3.63) is 59.7 Å².